The van der Waals surface area contributed by atoms with Gasteiger partial charge in [-0.3, -0.25) is 0 Å². The maximum atomic E-state index is 13.0. The molecular formula is C10H14F2N2O. The van der Waals surface area contributed by atoms with Crippen molar-refractivity contribution in [1.82, 2.24) is 0 Å². The van der Waals surface area contributed by atoms with E-state index in [0.717, 1.165) is 12.1 Å². The molecule has 0 saturated heterocycles. The summed E-state index contributed by atoms with van der Waals surface area (Å²) < 4.78 is 25.9. The second kappa shape index (κ2) is 4.55. The lowest BCUT2D eigenvalue weighted by molar-refractivity contribution is 0.186. The molecule has 3 nitrogen and oxygen atoms in total. The van der Waals surface area contributed by atoms with Gasteiger partial charge in [0.15, 0.2) is 11.6 Å². The highest BCUT2D eigenvalue weighted by molar-refractivity contribution is 5.54. The topological polar surface area (TPSA) is 49.5 Å². The summed E-state index contributed by atoms with van der Waals surface area (Å²) in [5.74, 6) is -1.92. The molecule has 5 heteroatoms. The van der Waals surface area contributed by atoms with E-state index in [1.807, 2.05) is 0 Å². The van der Waals surface area contributed by atoms with Crippen LogP contribution in [0.15, 0.2) is 12.1 Å². The van der Waals surface area contributed by atoms with E-state index in [4.69, 9.17) is 5.73 Å². The normalized spacial score (nSPS) is 12.7. The van der Waals surface area contributed by atoms with Crippen LogP contribution in [0.5, 0.6) is 0 Å². The Morgan fingerprint density at radius 2 is 1.87 bits per heavy atom. The predicted molar refractivity (Wildman–Crippen MR) is 54.7 cm³/mol. The van der Waals surface area contributed by atoms with Crippen molar-refractivity contribution >= 4 is 5.69 Å². The first-order valence-electron chi connectivity index (χ1n) is 4.51. The minimum absolute atomic E-state index is 0.0358. The maximum Gasteiger partial charge on any atom is 0.160 e. The number of aliphatic hydroxyl groups excluding tert-OH is 1. The first-order valence-corrected chi connectivity index (χ1v) is 4.51. The summed E-state index contributed by atoms with van der Waals surface area (Å²) in [6.07, 6.45) is -0.988. The van der Waals surface area contributed by atoms with Gasteiger partial charge in [-0.15, -0.1) is 0 Å². The van der Waals surface area contributed by atoms with E-state index < -0.39 is 17.7 Å². The fourth-order valence-corrected chi connectivity index (χ4v) is 1.33. The van der Waals surface area contributed by atoms with E-state index in [9.17, 15) is 13.9 Å². The second-order valence-corrected chi connectivity index (χ2v) is 3.47. The number of nitrogens with zero attached hydrogens (tertiary/aromatic N) is 1. The maximum absolute atomic E-state index is 13.0. The van der Waals surface area contributed by atoms with Crippen molar-refractivity contribution in [2.24, 2.45) is 5.73 Å². The lowest BCUT2D eigenvalue weighted by Crippen LogP contribution is -2.18. The van der Waals surface area contributed by atoms with Gasteiger partial charge in [0, 0.05) is 38.0 Å². The largest absolute Gasteiger partial charge is 0.387 e. The number of halogens is 2. The SMILES string of the molecule is CN(C)c1cc(F)c(F)cc1C(O)CN. The number of hydrogen-bond donors (Lipinski definition) is 2. The summed E-state index contributed by atoms with van der Waals surface area (Å²) in [6, 6.07) is 2.02. The van der Waals surface area contributed by atoms with Crippen LogP contribution in [0.1, 0.15) is 11.7 Å². The molecule has 0 radical (unpaired) electrons. The Morgan fingerprint density at radius 3 is 2.33 bits per heavy atom. The molecule has 0 saturated carbocycles. The average molecular weight is 216 g/mol. The van der Waals surface area contributed by atoms with Crippen molar-refractivity contribution in [3.63, 3.8) is 0 Å². The number of benzene rings is 1. The Kier molecular flexibility index (Phi) is 3.60. The zero-order valence-corrected chi connectivity index (χ0v) is 8.67. The highest BCUT2D eigenvalue weighted by Gasteiger charge is 2.16. The Morgan fingerprint density at radius 1 is 1.33 bits per heavy atom. The lowest BCUT2D eigenvalue weighted by Gasteiger charge is -2.20. The van der Waals surface area contributed by atoms with Gasteiger partial charge in [0.2, 0.25) is 0 Å². The standard InChI is InChI=1S/C10H14F2N2O/c1-14(2)9-4-8(12)7(11)3-6(9)10(15)5-13/h3-4,10,15H,5,13H2,1-2H3. The van der Waals surface area contributed by atoms with Crippen LogP contribution in [0.25, 0.3) is 0 Å². The number of nitrogens with two attached hydrogens (primary N) is 1. The molecule has 1 unspecified atom stereocenters. The van der Waals surface area contributed by atoms with Gasteiger partial charge >= 0.3 is 0 Å². The smallest absolute Gasteiger partial charge is 0.160 e. The van der Waals surface area contributed by atoms with Crippen molar-refractivity contribution < 1.29 is 13.9 Å². The van der Waals surface area contributed by atoms with Crippen LogP contribution in [-0.4, -0.2) is 25.7 Å². The van der Waals surface area contributed by atoms with E-state index in [2.05, 4.69) is 0 Å². The third-order valence-electron chi connectivity index (χ3n) is 2.13. The molecule has 0 heterocycles. The molecule has 1 atom stereocenters. The van der Waals surface area contributed by atoms with Gasteiger partial charge in [-0.25, -0.2) is 8.78 Å². The molecule has 1 aromatic rings. The van der Waals surface area contributed by atoms with Crippen LogP contribution in [-0.2, 0) is 0 Å². The average Bonchev–Trinajstić information content (AvgIpc) is 2.20. The van der Waals surface area contributed by atoms with Crippen molar-refractivity contribution in [3.05, 3.63) is 29.3 Å². The molecular weight excluding hydrogens is 202 g/mol. The third-order valence-corrected chi connectivity index (χ3v) is 2.13. The molecule has 0 fully saturated rings. The summed E-state index contributed by atoms with van der Waals surface area (Å²) in [4.78, 5) is 1.59. The number of aliphatic hydroxyl groups is 1. The van der Waals surface area contributed by atoms with Crippen molar-refractivity contribution in [2.75, 3.05) is 25.5 Å². The Hall–Kier alpha value is -1.20. The summed E-state index contributed by atoms with van der Waals surface area (Å²) in [6.45, 7) is -0.0358. The van der Waals surface area contributed by atoms with E-state index in [1.54, 1.807) is 19.0 Å². The van der Waals surface area contributed by atoms with Crippen LogP contribution in [0, 0.1) is 11.6 Å². The van der Waals surface area contributed by atoms with Gasteiger partial charge < -0.3 is 15.7 Å². The molecule has 1 aromatic carbocycles. The minimum atomic E-state index is -0.988. The Labute approximate surface area is 87.1 Å². The number of hydrogen-bond acceptors (Lipinski definition) is 3. The molecule has 1 rings (SSSR count). The summed E-state index contributed by atoms with van der Waals surface area (Å²) >= 11 is 0. The minimum Gasteiger partial charge on any atom is -0.387 e. The first kappa shape index (κ1) is 11.9. The van der Waals surface area contributed by atoms with Gasteiger partial charge in [-0.05, 0) is 6.07 Å². The summed E-state index contributed by atoms with van der Waals surface area (Å²) in [7, 11) is 3.36. The number of rotatable bonds is 3. The summed E-state index contributed by atoms with van der Waals surface area (Å²) in [5, 5.41) is 9.53. The van der Waals surface area contributed by atoms with Crippen molar-refractivity contribution in [1.29, 1.82) is 0 Å². The molecule has 0 aromatic heterocycles. The van der Waals surface area contributed by atoms with E-state index in [0.29, 0.717) is 11.3 Å². The lowest BCUT2D eigenvalue weighted by atomic mass is 10.1. The zero-order valence-electron chi connectivity index (χ0n) is 8.67. The van der Waals surface area contributed by atoms with Crippen LogP contribution in [0.3, 0.4) is 0 Å². The quantitative estimate of drug-likeness (QED) is 0.793. The molecule has 15 heavy (non-hydrogen) atoms. The molecule has 0 spiro atoms. The van der Waals surface area contributed by atoms with Gasteiger partial charge in [0.25, 0.3) is 0 Å². The first-order chi connectivity index (χ1) is 6.97. The van der Waals surface area contributed by atoms with Crippen LogP contribution in [0.2, 0.25) is 0 Å². The van der Waals surface area contributed by atoms with E-state index in [-0.39, 0.29) is 6.54 Å². The monoisotopic (exact) mass is 216 g/mol. The van der Waals surface area contributed by atoms with Gasteiger partial charge in [-0.2, -0.15) is 0 Å². The third kappa shape index (κ3) is 2.43. The molecule has 0 aliphatic carbocycles. The Bertz CT molecular complexity index is 356. The van der Waals surface area contributed by atoms with Crippen LogP contribution in [0.4, 0.5) is 14.5 Å². The molecule has 0 aliphatic heterocycles. The van der Waals surface area contributed by atoms with Gasteiger partial charge in [-0.1, -0.05) is 0 Å². The van der Waals surface area contributed by atoms with Gasteiger partial charge in [0.1, 0.15) is 0 Å². The van der Waals surface area contributed by atoms with Gasteiger partial charge in [0.05, 0.1) is 6.10 Å². The molecule has 84 valence electrons. The van der Waals surface area contributed by atoms with Crippen LogP contribution < -0.4 is 10.6 Å². The predicted octanol–water partition coefficient (Wildman–Crippen LogP) is 1.02. The van der Waals surface area contributed by atoms with Crippen molar-refractivity contribution in [2.45, 2.75) is 6.10 Å². The fourth-order valence-electron chi connectivity index (χ4n) is 1.33. The highest BCUT2D eigenvalue weighted by Crippen LogP contribution is 2.27. The summed E-state index contributed by atoms with van der Waals surface area (Å²) in [5.41, 5.74) is 5.99. The number of anilines is 1. The van der Waals surface area contributed by atoms with Crippen LogP contribution >= 0.6 is 0 Å². The van der Waals surface area contributed by atoms with E-state index in [1.165, 1.54) is 0 Å². The molecule has 0 bridgehead atoms. The van der Waals surface area contributed by atoms with Crippen molar-refractivity contribution in [3.8, 4) is 0 Å². The van der Waals surface area contributed by atoms with E-state index >= 15 is 0 Å². The highest BCUT2D eigenvalue weighted by atomic mass is 19.2. The second-order valence-electron chi connectivity index (χ2n) is 3.47. The molecule has 3 N–H and O–H groups in total. The zero-order chi connectivity index (χ0) is 11.6. The Balaban J connectivity index is 3.28. The molecule has 0 aliphatic rings. The fraction of sp³-hybridized carbons (Fsp3) is 0.400. The molecule has 0 amide bonds.